The van der Waals surface area contributed by atoms with Crippen molar-refractivity contribution in [3.63, 3.8) is 0 Å². The highest BCUT2D eigenvalue weighted by atomic mass is 19.1. The minimum Gasteiger partial charge on any atom is -0.480 e. The number of halogens is 1. The van der Waals surface area contributed by atoms with Gasteiger partial charge in [-0.2, -0.15) is 5.10 Å². The van der Waals surface area contributed by atoms with Crippen LogP contribution in [0, 0.1) is 12.7 Å². The first-order valence-electron chi connectivity index (χ1n) is 5.83. The van der Waals surface area contributed by atoms with Crippen molar-refractivity contribution in [3.05, 3.63) is 35.1 Å². The Morgan fingerprint density at radius 3 is 2.84 bits per heavy atom. The van der Waals surface area contributed by atoms with Crippen molar-refractivity contribution in [2.75, 3.05) is 6.54 Å². The van der Waals surface area contributed by atoms with Gasteiger partial charge in [0.2, 0.25) is 5.91 Å². The highest BCUT2D eigenvalue weighted by Gasteiger charge is 2.23. The average molecular weight is 264 g/mol. The smallest absolute Gasteiger partial charge is 0.325 e. The third kappa shape index (κ3) is 2.96. The van der Waals surface area contributed by atoms with Crippen LogP contribution in [0.1, 0.15) is 24.0 Å². The molecule has 0 saturated heterocycles. The largest absolute Gasteiger partial charge is 0.480 e. The minimum atomic E-state index is -1.12. The molecule has 1 N–H and O–H groups in total. The topological polar surface area (TPSA) is 70.0 Å². The van der Waals surface area contributed by atoms with Crippen molar-refractivity contribution in [2.45, 2.75) is 19.8 Å². The lowest BCUT2D eigenvalue weighted by Gasteiger charge is -2.22. The average Bonchev–Trinajstić information content (AvgIpc) is 2.35. The fourth-order valence-corrected chi connectivity index (χ4v) is 1.88. The van der Waals surface area contributed by atoms with Crippen molar-refractivity contribution in [1.29, 1.82) is 0 Å². The van der Waals surface area contributed by atoms with E-state index in [0.29, 0.717) is 23.3 Å². The van der Waals surface area contributed by atoms with Crippen molar-refractivity contribution in [1.82, 2.24) is 5.01 Å². The maximum Gasteiger partial charge on any atom is 0.325 e. The van der Waals surface area contributed by atoms with E-state index in [-0.39, 0.29) is 18.1 Å². The zero-order valence-electron chi connectivity index (χ0n) is 10.4. The van der Waals surface area contributed by atoms with Gasteiger partial charge in [0.25, 0.3) is 0 Å². The van der Waals surface area contributed by atoms with Crippen LogP contribution in [0.3, 0.4) is 0 Å². The van der Waals surface area contributed by atoms with E-state index in [4.69, 9.17) is 5.11 Å². The molecule has 6 heteroatoms. The normalized spacial score (nSPS) is 15.4. The molecule has 0 saturated carbocycles. The third-order valence-electron chi connectivity index (χ3n) is 2.88. The molecule has 1 aromatic rings. The number of benzene rings is 1. The number of aryl methyl sites for hydroxylation is 1. The number of hydrazone groups is 1. The van der Waals surface area contributed by atoms with Crippen LogP contribution in [-0.2, 0) is 9.59 Å². The van der Waals surface area contributed by atoms with Gasteiger partial charge < -0.3 is 5.11 Å². The molecule has 1 aliphatic heterocycles. The SMILES string of the molecule is Cc1cc(C2=NN(CC(=O)O)C(=O)CC2)ccc1F. The lowest BCUT2D eigenvalue weighted by Crippen LogP contribution is -2.35. The van der Waals surface area contributed by atoms with E-state index in [0.717, 1.165) is 5.01 Å². The van der Waals surface area contributed by atoms with Gasteiger partial charge in [0.1, 0.15) is 12.4 Å². The molecule has 1 amide bonds. The van der Waals surface area contributed by atoms with E-state index in [9.17, 15) is 14.0 Å². The second-order valence-corrected chi connectivity index (χ2v) is 4.36. The van der Waals surface area contributed by atoms with E-state index in [1.54, 1.807) is 19.1 Å². The van der Waals surface area contributed by atoms with E-state index in [2.05, 4.69) is 5.10 Å². The van der Waals surface area contributed by atoms with Crippen LogP contribution in [0.15, 0.2) is 23.3 Å². The molecule has 19 heavy (non-hydrogen) atoms. The van der Waals surface area contributed by atoms with Crippen LogP contribution in [0.5, 0.6) is 0 Å². The van der Waals surface area contributed by atoms with Gasteiger partial charge in [0.05, 0.1) is 5.71 Å². The Kier molecular flexibility index (Phi) is 3.59. The maximum absolute atomic E-state index is 13.2. The predicted molar refractivity (Wildman–Crippen MR) is 66.3 cm³/mol. The van der Waals surface area contributed by atoms with Crippen LogP contribution in [0.2, 0.25) is 0 Å². The summed E-state index contributed by atoms with van der Waals surface area (Å²) in [6.07, 6.45) is 0.641. The van der Waals surface area contributed by atoms with Crippen LogP contribution in [0.25, 0.3) is 0 Å². The number of aliphatic carboxylic acids is 1. The Morgan fingerprint density at radius 1 is 1.47 bits per heavy atom. The fourth-order valence-electron chi connectivity index (χ4n) is 1.88. The molecule has 0 fully saturated rings. The van der Waals surface area contributed by atoms with Gasteiger partial charge in [-0.05, 0) is 30.2 Å². The second kappa shape index (κ2) is 5.17. The third-order valence-corrected chi connectivity index (χ3v) is 2.88. The fraction of sp³-hybridized carbons (Fsp3) is 0.308. The van der Waals surface area contributed by atoms with E-state index in [1.165, 1.54) is 6.07 Å². The number of hydrogen-bond donors (Lipinski definition) is 1. The molecule has 1 aromatic carbocycles. The number of nitrogens with zero attached hydrogens (tertiary/aromatic N) is 2. The zero-order valence-corrected chi connectivity index (χ0v) is 10.4. The first-order chi connectivity index (χ1) is 8.97. The molecule has 0 bridgehead atoms. The molecule has 0 spiro atoms. The van der Waals surface area contributed by atoms with E-state index in [1.807, 2.05) is 0 Å². The predicted octanol–water partition coefficient (Wildman–Crippen LogP) is 1.55. The summed E-state index contributed by atoms with van der Waals surface area (Å²) in [6.45, 7) is 1.19. The summed E-state index contributed by atoms with van der Waals surface area (Å²) >= 11 is 0. The molecule has 5 nitrogen and oxygen atoms in total. The highest BCUT2D eigenvalue weighted by molar-refractivity contribution is 6.04. The summed E-state index contributed by atoms with van der Waals surface area (Å²) in [5.74, 6) is -1.74. The molecule has 100 valence electrons. The highest BCUT2D eigenvalue weighted by Crippen LogP contribution is 2.17. The zero-order chi connectivity index (χ0) is 14.0. The lowest BCUT2D eigenvalue weighted by molar-refractivity contribution is -0.144. The van der Waals surface area contributed by atoms with E-state index < -0.39 is 12.5 Å². The molecular weight excluding hydrogens is 251 g/mol. The van der Waals surface area contributed by atoms with Crippen LogP contribution in [-0.4, -0.2) is 34.2 Å². The number of hydrogen-bond acceptors (Lipinski definition) is 3. The number of amides is 1. The van der Waals surface area contributed by atoms with Gasteiger partial charge in [-0.15, -0.1) is 0 Å². The Bertz CT molecular complexity index is 569. The molecule has 0 atom stereocenters. The van der Waals surface area contributed by atoms with Gasteiger partial charge in [-0.1, -0.05) is 6.07 Å². The molecule has 0 radical (unpaired) electrons. The van der Waals surface area contributed by atoms with Crippen LogP contribution < -0.4 is 0 Å². The molecule has 2 rings (SSSR count). The Labute approximate surface area is 109 Å². The van der Waals surface area contributed by atoms with Crippen molar-refractivity contribution < 1.29 is 19.1 Å². The van der Waals surface area contributed by atoms with Crippen LogP contribution in [0.4, 0.5) is 4.39 Å². The lowest BCUT2D eigenvalue weighted by atomic mass is 10.0. The number of carbonyl (C=O) groups is 2. The molecule has 1 heterocycles. The van der Waals surface area contributed by atoms with Crippen molar-refractivity contribution >= 4 is 17.6 Å². The number of rotatable bonds is 3. The monoisotopic (exact) mass is 264 g/mol. The summed E-state index contributed by atoms with van der Waals surface area (Å²) in [5.41, 5.74) is 1.80. The summed E-state index contributed by atoms with van der Waals surface area (Å²) in [6, 6.07) is 4.56. The molecule has 0 unspecified atom stereocenters. The standard InChI is InChI=1S/C13H13FN2O3/c1-8-6-9(2-3-10(8)14)11-4-5-12(17)16(15-11)7-13(18)19/h2-3,6H,4-5,7H2,1H3,(H,18,19). The Balaban J connectivity index is 2.30. The van der Waals surface area contributed by atoms with Gasteiger partial charge in [0.15, 0.2) is 0 Å². The van der Waals surface area contributed by atoms with Gasteiger partial charge in [-0.25, -0.2) is 9.40 Å². The van der Waals surface area contributed by atoms with Crippen molar-refractivity contribution in [3.8, 4) is 0 Å². The first-order valence-corrected chi connectivity index (χ1v) is 5.83. The van der Waals surface area contributed by atoms with Crippen molar-refractivity contribution in [2.24, 2.45) is 5.10 Å². The molecular formula is C13H13FN2O3. The summed E-state index contributed by atoms with van der Waals surface area (Å²) in [5, 5.41) is 13.7. The number of carbonyl (C=O) groups excluding carboxylic acids is 1. The second-order valence-electron chi connectivity index (χ2n) is 4.36. The molecule has 0 aliphatic carbocycles. The summed E-state index contributed by atoms with van der Waals surface area (Å²) in [4.78, 5) is 22.2. The Hall–Kier alpha value is -2.24. The summed E-state index contributed by atoms with van der Waals surface area (Å²) < 4.78 is 13.2. The first kappa shape index (κ1) is 13.2. The van der Waals surface area contributed by atoms with Gasteiger partial charge >= 0.3 is 5.97 Å². The molecule has 1 aliphatic rings. The number of carboxylic acid groups (broad SMARTS) is 1. The van der Waals surface area contributed by atoms with Gasteiger partial charge in [-0.3, -0.25) is 9.59 Å². The number of carboxylic acids is 1. The summed E-state index contributed by atoms with van der Waals surface area (Å²) in [7, 11) is 0. The minimum absolute atomic E-state index is 0.211. The Morgan fingerprint density at radius 2 is 2.21 bits per heavy atom. The quantitative estimate of drug-likeness (QED) is 0.900. The maximum atomic E-state index is 13.2. The van der Waals surface area contributed by atoms with E-state index >= 15 is 0 Å². The molecule has 0 aromatic heterocycles. The van der Waals surface area contributed by atoms with Crippen LogP contribution >= 0.6 is 0 Å². The van der Waals surface area contributed by atoms with Gasteiger partial charge in [0, 0.05) is 12.8 Å².